The number of methoxy groups -OCH3 is 1. The molecule has 8 nitrogen and oxygen atoms in total. The number of rotatable bonds is 6. The van der Waals surface area contributed by atoms with Gasteiger partial charge in [-0.25, -0.2) is 4.79 Å². The van der Waals surface area contributed by atoms with E-state index >= 15 is 0 Å². The van der Waals surface area contributed by atoms with Crippen LogP contribution in [0.25, 0.3) is 0 Å². The Labute approximate surface area is 153 Å². The first-order chi connectivity index (χ1) is 12.3. The highest BCUT2D eigenvalue weighted by molar-refractivity contribution is 6.31. The van der Waals surface area contributed by atoms with E-state index in [1.54, 1.807) is 24.3 Å². The molecule has 0 aliphatic rings. The van der Waals surface area contributed by atoms with Gasteiger partial charge in [0.15, 0.2) is 6.10 Å². The third kappa shape index (κ3) is 4.70. The molecule has 0 saturated carbocycles. The molecule has 0 aliphatic heterocycles. The Morgan fingerprint density at radius 2 is 1.96 bits per heavy atom. The summed E-state index contributed by atoms with van der Waals surface area (Å²) in [7, 11) is 1.49. The molecular formula is C17H15ClN2O6. The largest absolute Gasteiger partial charge is 0.497 e. The smallest absolute Gasteiger partial charge is 0.345 e. The van der Waals surface area contributed by atoms with Crippen molar-refractivity contribution >= 4 is 34.9 Å². The number of nitrogens with zero attached hydrogens (tertiary/aromatic N) is 1. The van der Waals surface area contributed by atoms with Gasteiger partial charge in [-0.05, 0) is 31.2 Å². The maximum Gasteiger partial charge on any atom is 0.345 e. The van der Waals surface area contributed by atoms with Crippen molar-refractivity contribution in [3.63, 3.8) is 0 Å². The number of carbonyl (C=O) groups is 2. The first-order valence-corrected chi connectivity index (χ1v) is 7.79. The summed E-state index contributed by atoms with van der Waals surface area (Å²) in [5.74, 6) is -1.08. The normalized spacial score (nSPS) is 11.3. The molecule has 0 aromatic heterocycles. The van der Waals surface area contributed by atoms with Crippen molar-refractivity contribution < 1.29 is 24.0 Å². The van der Waals surface area contributed by atoms with Gasteiger partial charge in [0.2, 0.25) is 0 Å². The van der Waals surface area contributed by atoms with Crippen molar-refractivity contribution in [2.24, 2.45) is 0 Å². The van der Waals surface area contributed by atoms with E-state index in [9.17, 15) is 19.7 Å². The number of carbonyl (C=O) groups excluding carboxylic acids is 2. The van der Waals surface area contributed by atoms with E-state index < -0.39 is 28.6 Å². The number of anilines is 1. The zero-order valence-corrected chi connectivity index (χ0v) is 14.6. The van der Waals surface area contributed by atoms with Gasteiger partial charge in [0.25, 0.3) is 11.6 Å². The molecule has 2 aromatic carbocycles. The van der Waals surface area contributed by atoms with Crippen LogP contribution in [0.2, 0.25) is 5.02 Å². The fraction of sp³-hybridized carbons (Fsp3) is 0.176. The molecule has 0 fully saturated rings. The number of ether oxygens (including phenoxy) is 2. The summed E-state index contributed by atoms with van der Waals surface area (Å²) in [5.41, 5.74) is -0.339. The number of hydrogen-bond donors (Lipinski definition) is 1. The number of nitro groups is 1. The number of esters is 1. The Morgan fingerprint density at radius 3 is 2.62 bits per heavy atom. The molecule has 1 amide bonds. The Morgan fingerprint density at radius 1 is 1.23 bits per heavy atom. The second kappa shape index (κ2) is 8.30. The summed E-state index contributed by atoms with van der Waals surface area (Å²) in [5, 5.41) is 13.7. The molecule has 0 unspecified atom stereocenters. The molecule has 2 rings (SSSR count). The van der Waals surface area contributed by atoms with Crippen molar-refractivity contribution in [2.75, 3.05) is 12.4 Å². The van der Waals surface area contributed by atoms with Crippen LogP contribution in [0.3, 0.4) is 0 Å². The number of halogens is 1. The monoisotopic (exact) mass is 378 g/mol. The fourth-order valence-corrected chi connectivity index (χ4v) is 2.23. The first kappa shape index (κ1) is 19.2. The summed E-state index contributed by atoms with van der Waals surface area (Å²) in [6.45, 7) is 1.35. The molecule has 0 spiro atoms. The van der Waals surface area contributed by atoms with E-state index in [4.69, 9.17) is 21.1 Å². The van der Waals surface area contributed by atoms with E-state index in [0.717, 1.165) is 12.1 Å². The highest BCUT2D eigenvalue weighted by Crippen LogP contribution is 2.24. The Kier molecular flexibility index (Phi) is 6.13. The van der Waals surface area contributed by atoms with Crippen molar-refractivity contribution in [2.45, 2.75) is 13.0 Å². The van der Waals surface area contributed by atoms with Gasteiger partial charge in [0.05, 0.1) is 12.0 Å². The van der Waals surface area contributed by atoms with E-state index in [2.05, 4.69) is 5.32 Å². The molecule has 9 heteroatoms. The zero-order valence-electron chi connectivity index (χ0n) is 13.9. The third-order valence-corrected chi connectivity index (χ3v) is 3.60. The number of hydrogen-bond acceptors (Lipinski definition) is 6. The van der Waals surface area contributed by atoms with Crippen LogP contribution in [-0.4, -0.2) is 30.0 Å². The second-order valence-electron chi connectivity index (χ2n) is 5.19. The molecular weight excluding hydrogens is 364 g/mol. The van der Waals surface area contributed by atoms with E-state index in [0.29, 0.717) is 11.4 Å². The fourth-order valence-electron chi connectivity index (χ4n) is 2.05. The average molecular weight is 379 g/mol. The first-order valence-electron chi connectivity index (χ1n) is 7.41. The minimum absolute atomic E-state index is 0.135. The van der Waals surface area contributed by atoms with Gasteiger partial charge in [0, 0.05) is 22.8 Å². The lowest BCUT2D eigenvalue weighted by Crippen LogP contribution is -2.30. The molecule has 0 radical (unpaired) electrons. The van der Waals surface area contributed by atoms with Gasteiger partial charge in [0.1, 0.15) is 11.3 Å². The summed E-state index contributed by atoms with van der Waals surface area (Å²) in [4.78, 5) is 34.7. The van der Waals surface area contributed by atoms with E-state index in [1.807, 2.05) is 0 Å². The Hall–Kier alpha value is -3.13. The van der Waals surface area contributed by atoms with Gasteiger partial charge in [-0.15, -0.1) is 0 Å². The van der Waals surface area contributed by atoms with Gasteiger partial charge >= 0.3 is 5.97 Å². The quantitative estimate of drug-likeness (QED) is 0.468. The lowest BCUT2D eigenvalue weighted by Gasteiger charge is -2.14. The molecule has 1 atom stereocenters. The molecule has 26 heavy (non-hydrogen) atoms. The van der Waals surface area contributed by atoms with Gasteiger partial charge < -0.3 is 14.8 Å². The third-order valence-electron chi connectivity index (χ3n) is 3.37. The minimum atomic E-state index is -1.19. The van der Waals surface area contributed by atoms with Gasteiger partial charge in [-0.3, -0.25) is 14.9 Å². The van der Waals surface area contributed by atoms with Crippen LogP contribution < -0.4 is 10.1 Å². The topological polar surface area (TPSA) is 108 Å². The van der Waals surface area contributed by atoms with Crippen molar-refractivity contribution in [1.82, 2.24) is 0 Å². The Bertz CT molecular complexity index is 855. The number of amides is 1. The second-order valence-corrected chi connectivity index (χ2v) is 5.62. The number of nitro benzene ring substituents is 1. The molecule has 1 N–H and O–H groups in total. The predicted octanol–water partition coefficient (Wildman–Crippen LogP) is 3.44. The molecule has 0 heterocycles. The highest BCUT2D eigenvalue weighted by Gasteiger charge is 2.25. The molecule has 0 saturated heterocycles. The van der Waals surface area contributed by atoms with E-state index in [1.165, 1.54) is 20.1 Å². The molecule has 2 aromatic rings. The standard InChI is InChI=1S/C17H15ClN2O6/c1-10(16(21)19-12-4-3-5-13(9-12)25-2)26-17(22)14-8-11(18)6-7-15(14)20(23)24/h3-10H,1-2H3,(H,19,21)/t10-/m1/s1. The van der Waals surface area contributed by atoms with Crippen LogP contribution in [0.5, 0.6) is 5.75 Å². The van der Waals surface area contributed by atoms with Crippen LogP contribution in [0.4, 0.5) is 11.4 Å². The summed E-state index contributed by atoms with van der Waals surface area (Å²) in [6.07, 6.45) is -1.19. The van der Waals surface area contributed by atoms with Gasteiger partial charge in [-0.1, -0.05) is 17.7 Å². The molecule has 136 valence electrons. The van der Waals surface area contributed by atoms with Crippen LogP contribution in [-0.2, 0) is 9.53 Å². The van der Waals surface area contributed by atoms with Crippen LogP contribution >= 0.6 is 11.6 Å². The molecule has 0 bridgehead atoms. The SMILES string of the molecule is COc1cccc(NC(=O)[C@@H](C)OC(=O)c2cc(Cl)ccc2[N+](=O)[O-])c1. The van der Waals surface area contributed by atoms with Crippen LogP contribution in [0.15, 0.2) is 42.5 Å². The summed E-state index contributed by atoms with van der Waals surface area (Å²) >= 11 is 5.78. The maximum atomic E-state index is 12.2. The number of benzene rings is 2. The molecule has 0 aliphatic carbocycles. The lowest BCUT2D eigenvalue weighted by molar-refractivity contribution is -0.385. The van der Waals surface area contributed by atoms with Crippen molar-refractivity contribution in [3.8, 4) is 5.75 Å². The average Bonchev–Trinajstić information content (AvgIpc) is 2.61. The minimum Gasteiger partial charge on any atom is -0.497 e. The van der Waals surface area contributed by atoms with Crippen LogP contribution in [0, 0.1) is 10.1 Å². The summed E-state index contributed by atoms with van der Waals surface area (Å²) < 4.78 is 10.1. The highest BCUT2D eigenvalue weighted by atomic mass is 35.5. The van der Waals surface area contributed by atoms with Crippen molar-refractivity contribution in [1.29, 1.82) is 0 Å². The van der Waals surface area contributed by atoms with Gasteiger partial charge in [-0.2, -0.15) is 0 Å². The Balaban J connectivity index is 2.10. The van der Waals surface area contributed by atoms with Crippen LogP contribution in [0.1, 0.15) is 17.3 Å². The summed E-state index contributed by atoms with van der Waals surface area (Å²) in [6, 6.07) is 10.1. The number of nitrogens with one attached hydrogen (secondary N) is 1. The van der Waals surface area contributed by atoms with Crippen molar-refractivity contribution in [3.05, 3.63) is 63.2 Å². The van der Waals surface area contributed by atoms with E-state index in [-0.39, 0.29) is 10.6 Å². The maximum absolute atomic E-state index is 12.2. The zero-order chi connectivity index (χ0) is 19.3. The lowest BCUT2D eigenvalue weighted by atomic mass is 10.2. The predicted molar refractivity (Wildman–Crippen MR) is 94.6 cm³/mol.